The molecule has 0 bridgehead atoms. The Bertz CT molecular complexity index is 1010. The zero-order valence-electron chi connectivity index (χ0n) is 17.1. The maximum atomic E-state index is 10.0. The van der Waals surface area contributed by atoms with Crippen molar-refractivity contribution in [2.24, 2.45) is 0 Å². The van der Waals surface area contributed by atoms with E-state index in [0.29, 0.717) is 6.42 Å². The largest absolute Gasteiger partial charge is 0.493 e. The van der Waals surface area contributed by atoms with Crippen LogP contribution in [0.4, 0.5) is 0 Å². The van der Waals surface area contributed by atoms with Crippen LogP contribution in [0.2, 0.25) is 0 Å². The lowest BCUT2D eigenvalue weighted by Gasteiger charge is -2.17. The number of allylic oxidation sites excluding steroid dienone is 2. The molecule has 0 amide bonds. The SMILES string of the molecule is COc1c(C)c(C[C@@H](C)O)c2[nH]c3ccc(CC=C(C)C)cc3c2c1OC. The fourth-order valence-electron chi connectivity index (χ4n) is 3.75. The van der Waals surface area contributed by atoms with Gasteiger partial charge in [0.15, 0.2) is 11.5 Å². The maximum absolute atomic E-state index is 10.0. The molecule has 0 unspecified atom stereocenters. The molecule has 1 heterocycles. The van der Waals surface area contributed by atoms with E-state index in [-0.39, 0.29) is 0 Å². The summed E-state index contributed by atoms with van der Waals surface area (Å²) >= 11 is 0. The van der Waals surface area contributed by atoms with Gasteiger partial charge >= 0.3 is 0 Å². The molecular weight excluding hydrogens is 338 g/mol. The van der Waals surface area contributed by atoms with Gasteiger partial charge in [-0.05, 0) is 57.4 Å². The first-order valence-electron chi connectivity index (χ1n) is 9.36. The van der Waals surface area contributed by atoms with Gasteiger partial charge in [-0.1, -0.05) is 17.7 Å². The van der Waals surface area contributed by atoms with Crippen LogP contribution in [-0.4, -0.2) is 30.4 Å². The number of fused-ring (bicyclic) bond motifs is 3. The number of aromatic amines is 1. The number of benzene rings is 2. The highest BCUT2D eigenvalue weighted by Crippen LogP contribution is 2.45. The quantitative estimate of drug-likeness (QED) is 0.598. The summed E-state index contributed by atoms with van der Waals surface area (Å²) in [5.41, 5.74) is 6.70. The Balaban J connectivity index is 2.36. The summed E-state index contributed by atoms with van der Waals surface area (Å²) in [6.45, 7) is 8.05. The van der Waals surface area contributed by atoms with Crippen molar-refractivity contribution in [1.29, 1.82) is 0 Å². The van der Waals surface area contributed by atoms with E-state index in [2.05, 4.69) is 43.1 Å². The molecule has 0 aliphatic rings. The van der Waals surface area contributed by atoms with E-state index in [1.54, 1.807) is 14.2 Å². The lowest BCUT2D eigenvalue weighted by Crippen LogP contribution is -2.08. The molecule has 0 aliphatic carbocycles. The number of nitrogens with one attached hydrogen (secondary N) is 1. The number of aromatic nitrogens is 1. The van der Waals surface area contributed by atoms with Crippen LogP contribution >= 0.6 is 0 Å². The second-order valence-corrected chi connectivity index (χ2v) is 7.46. The monoisotopic (exact) mass is 367 g/mol. The molecule has 0 aliphatic heterocycles. The van der Waals surface area contributed by atoms with E-state index in [4.69, 9.17) is 9.47 Å². The number of aliphatic hydroxyl groups excluding tert-OH is 1. The predicted molar refractivity (Wildman–Crippen MR) is 112 cm³/mol. The summed E-state index contributed by atoms with van der Waals surface area (Å²) in [6.07, 6.45) is 3.25. The Morgan fingerprint density at radius 1 is 1.19 bits per heavy atom. The Hall–Kier alpha value is -2.46. The minimum absolute atomic E-state index is 0.440. The summed E-state index contributed by atoms with van der Waals surface area (Å²) < 4.78 is 11.5. The maximum Gasteiger partial charge on any atom is 0.171 e. The highest BCUT2D eigenvalue weighted by atomic mass is 16.5. The molecule has 3 aromatic rings. The number of hydrogen-bond acceptors (Lipinski definition) is 3. The van der Waals surface area contributed by atoms with Gasteiger partial charge in [0.2, 0.25) is 0 Å². The third-order valence-corrected chi connectivity index (χ3v) is 5.05. The zero-order valence-corrected chi connectivity index (χ0v) is 17.1. The van der Waals surface area contributed by atoms with Crippen LogP contribution in [0.25, 0.3) is 21.8 Å². The van der Waals surface area contributed by atoms with Gasteiger partial charge in [-0.25, -0.2) is 0 Å². The number of methoxy groups -OCH3 is 2. The Labute approximate surface area is 160 Å². The standard InChI is InChI=1S/C23H29NO3/c1-13(2)7-8-16-9-10-19-18(12-16)20-21(24-19)17(11-14(3)25)15(4)22(26-5)23(20)27-6/h7,9-10,12,14,24-25H,8,11H2,1-6H3/t14-/m1/s1. The summed E-state index contributed by atoms with van der Waals surface area (Å²) in [6, 6.07) is 6.50. The molecule has 3 rings (SSSR count). The normalized spacial score (nSPS) is 12.4. The minimum Gasteiger partial charge on any atom is -0.493 e. The number of ether oxygens (including phenoxy) is 2. The molecule has 4 nitrogen and oxygen atoms in total. The van der Waals surface area contributed by atoms with E-state index in [1.165, 1.54) is 11.1 Å². The second kappa shape index (κ2) is 7.65. The zero-order chi connectivity index (χ0) is 19.7. The van der Waals surface area contributed by atoms with Crippen LogP contribution in [0, 0.1) is 6.92 Å². The molecule has 0 spiro atoms. The van der Waals surface area contributed by atoms with E-state index in [9.17, 15) is 5.11 Å². The molecular formula is C23H29NO3. The predicted octanol–water partition coefficient (Wildman–Crippen LogP) is 5.08. The minimum atomic E-state index is -0.440. The molecule has 0 radical (unpaired) electrons. The van der Waals surface area contributed by atoms with Crippen LogP contribution in [0.1, 0.15) is 37.5 Å². The van der Waals surface area contributed by atoms with Gasteiger partial charge in [0, 0.05) is 22.9 Å². The topological polar surface area (TPSA) is 54.5 Å². The molecule has 0 fully saturated rings. The van der Waals surface area contributed by atoms with Gasteiger partial charge in [-0.2, -0.15) is 0 Å². The Morgan fingerprint density at radius 2 is 1.89 bits per heavy atom. The number of hydrogen-bond donors (Lipinski definition) is 2. The van der Waals surface area contributed by atoms with Crippen LogP contribution in [0.15, 0.2) is 29.8 Å². The average molecular weight is 367 g/mol. The first kappa shape index (κ1) is 19.3. The molecule has 0 saturated heterocycles. The van der Waals surface area contributed by atoms with Crippen molar-refractivity contribution in [3.05, 3.63) is 46.5 Å². The lowest BCUT2D eigenvalue weighted by atomic mass is 9.96. The molecule has 0 saturated carbocycles. The fraction of sp³-hybridized carbons (Fsp3) is 0.391. The average Bonchev–Trinajstić information content (AvgIpc) is 3.00. The number of rotatable bonds is 6. The molecule has 1 aromatic heterocycles. The van der Waals surface area contributed by atoms with Gasteiger partial charge in [-0.3, -0.25) is 0 Å². The smallest absolute Gasteiger partial charge is 0.171 e. The van der Waals surface area contributed by atoms with Crippen molar-refractivity contribution in [2.45, 2.75) is 46.6 Å². The lowest BCUT2D eigenvalue weighted by molar-refractivity contribution is 0.195. The molecule has 2 aromatic carbocycles. The van der Waals surface area contributed by atoms with Gasteiger partial charge in [0.25, 0.3) is 0 Å². The molecule has 144 valence electrons. The Kier molecular flexibility index (Phi) is 5.47. The first-order chi connectivity index (χ1) is 12.9. The van der Waals surface area contributed by atoms with Gasteiger partial charge in [0.1, 0.15) is 0 Å². The van der Waals surface area contributed by atoms with Gasteiger partial charge in [0.05, 0.1) is 31.2 Å². The van der Waals surface area contributed by atoms with Crippen LogP contribution in [0.3, 0.4) is 0 Å². The fourth-order valence-corrected chi connectivity index (χ4v) is 3.75. The highest BCUT2D eigenvalue weighted by molar-refractivity contribution is 6.13. The number of H-pyrrole nitrogens is 1. The Morgan fingerprint density at radius 3 is 2.48 bits per heavy atom. The summed E-state index contributed by atoms with van der Waals surface area (Å²) in [5.74, 6) is 1.47. The van der Waals surface area contributed by atoms with E-state index >= 15 is 0 Å². The van der Waals surface area contributed by atoms with Gasteiger partial charge < -0.3 is 19.6 Å². The van der Waals surface area contributed by atoms with Gasteiger partial charge in [-0.15, -0.1) is 0 Å². The van der Waals surface area contributed by atoms with Crippen molar-refractivity contribution in [3.63, 3.8) is 0 Å². The number of aliphatic hydroxyl groups is 1. The molecule has 1 atom stereocenters. The van der Waals surface area contributed by atoms with Crippen LogP contribution in [-0.2, 0) is 12.8 Å². The van der Waals surface area contributed by atoms with E-state index in [1.807, 2.05) is 13.8 Å². The van der Waals surface area contributed by atoms with E-state index < -0.39 is 6.10 Å². The van der Waals surface area contributed by atoms with Crippen molar-refractivity contribution < 1.29 is 14.6 Å². The van der Waals surface area contributed by atoms with Crippen LogP contribution in [0.5, 0.6) is 11.5 Å². The summed E-state index contributed by atoms with van der Waals surface area (Å²) in [7, 11) is 3.34. The third kappa shape index (κ3) is 3.54. The molecule has 4 heteroatoms. The van der Waals surface area contributed by atoms with E-state index in [0.717, 1.165) is 50.9 Å². The van der Waals surface area contributed by atoms with Crippen LogP contribution < -0.4 is 9.47 Å². The molecule has 2 N–H and O–H groups in total. The van der Waals surface area contributed by atoms with Crippen molar-refractivity contribution in [1.82, 2.24) is 4.98 Å². The first-order valence-corrected chi connectivity index (χ1v) is 9.36. The van der Waals surface area contributed by atoms with Crippen molar-refractivity contribution in [3.8, 4) is 11.5 Å². The third-order valence-electron chi connectivity index (χ3n) is 5.05. The molecule has 27 heavy (non-hydrogen) atoms. The highest BCUT2D eigenvalue weighted by Gasteiger charge is 2.22. The second-order valence-electron chi connectivity index (χ2n) is 7.46. The summed E-state index contributed by atoms with van der Waals surface area (Å²) in [4.78, 5) is 3.55. The summed E-state index contributed by atoms with van der Waals surface area (Å²) in [5, 5.41) is 12.2. The van der Waals surface area contributed by atoms with Crippen molar-refractivity contribution in [2.75, 3.05) is 14.2 Å². The van der Waals surface area contributed by atoms with Crippen molar-refractivity contribution >= 4 is 21.8 Å².